The quantitative estimate of drug-likeness (QED) is 0.388. The predicted molar refractivity (Wildman–Crippen MR) is 131 cm³/mol. The van der Waals surface area contributed by atoms with Crippen LogP contribution >= 0.6 is 8.16 Å². The molecule has 1 aromatic heterocycles. The van der Waals surface area contributed by atoms with Crippen LogP contribution in [0.25, 0.3) is 21.9 Å². The van der Waals surface area contributed by atoms with Gasteiger partial charge in [0.1, 0.15) is 11.2 Å². The zero-order valence-corrected chi connectivity index (χ0v) is 19.8. The molecule has 0 amide bonds. The maximum absolute atomic E-state index is 6.85. The van der Waals surface area contributed by atoms with Crippen molar-refractivity contribution in [3.63, 3.8) is 0 Å². The number of benzene rings is 2. The molecule has 0 saturated carbocycles. The first-order chi connectivity index (χ1) is 15.2. The highest BCUT2D eigenvalue weighted by atomic mass is 31.1. The summed E-state index contributed by atoms with van der Waals surface area (Å²) in [4.78, 5) is 0. The Kier molecular flexibility index (Phi) is 5.16. The van der Waals surface area contributed by atoms with Crippen LogP contribution in [0, 0.1) is 0 Å². The number of hydrogen-bond acceptors (Lipinski definition) is 3. The van der Waals surface area contributed by atoms with E-state index in [4.69, 9.17) is 8.39 Å². The molecule has 4 heteroatoms. The fourth-order valence-electron chi connectivity index (χ4n) is 6.32. The van der Waals surface area contributed by atoms with E-state index in [1.165, 1.54) is 104 Å². The summed E-state index contributed by atoms with van der Waals surface area (Å²) in [5, 5.41) is 2.74. The van der Waals surface area contributed by atoms with E-state index in [0.29, 0.717) is 12.1 Å². The molecule has 2 heterocycles. The molecule has 164 valence electrons. The molecule has 0 N–H and O–H groups in total. The van der Waals surface area contributed by atoms with Crippen LogP contribution in [0.5, 0.6) is 0 Å². The highest BCUT2D eigenvalue weighted by Crippen LogP contribution is 2.45. The SMILES string of the molecule is C[C@@H]1CCC[C@H](C)N1p1oc2ccc3c(c2c2c4c(ccc2o1)CCCC4)CCCC3. The lowest BCUT2D eigenvalue weighted by atomic mass is 9.84. The Balaban J connectivity index is 1.72. The van der Waals surface area contributed by atoms with E-state index in [9.17, 15) is 0 Å². The van der Waals surface area contributed by atoms with Crippen LogP contribution in [-0.2, 0) is 25.7 Å². The van der Waals surface area contributed by atoms with Crippen LogP contribution in [0.3, 0.4) is 0 Å². The van der Waals surface area contributed by atoms with Crippen LogP contribution < -0.4 is 4.67 Å². The highest BCUT2D eigenvalue weighted by Gasteiger charge is 2.30. The third-order valence-corrected chi connectivity index (χ3v) is 9.80. The van der Waals surface area contributed by atoms with Gasteiger partial charge in [-0.1, -0.05) is 18.6 Å². The summed E-state index contributed by atoms with van der Waals surface area (Å²) >= 11 is 0. The smallest absolute Gasteiger partial charge is 0.310 e. The van der Waals surface area contributed by atoms with Gasteiger partial charge in [-0.05, 0) is 112 Å². The molecular weight excluding hydrogens is 401 g/mol. The Labute approximate surface area is 186 Å². The molecule has 0 radical (unpaired) electrons. The Morgan fingerprint density at radius 3 is 1.68 bits per heavy atom. The minimum Gasteiger partial charge on any atom is -0.408 e. The third-order valence-electron chi connectivity index (χ3n) is 7.93. The van der Waals surface area contributed by atoms with Gasteiger partial charge in [0.15, 0.2) is 0 Å². The van der Waals surface area contributed by atoms with Crippen molar-refractivity contribution >= 4 is 30.1 Å². The molecule has 6 rings (SSSR count). The van der Waals surface area contributed by atoms with Gasteiger partial charge < -0.3 is 8.39 Å². The molecule has 0 bridgehead atoms. The van der Waals surface area contributed by atoms with Crippen LogP contribution in [0.1, 0.15) is 81.0 Å². The fraction of sp³-hybridized carbons (Fsp3) is 0.556. The van der Waals surface area contributed by atoms with Gasteiger partial charge in [0.05, 0.1) is 0 Å². The van der Waals surface area contributed by atoms with Crippen molar-refractivity contribution in [1.29, 1.82) is 0 Å². The van der Waals surface area contributed by atoms with E-state index < -0.39 is 8.16 Å². The van der Waals surface area contributed by atoms with Gasteiger partial charge in [0, 0.05) is 22.9 Å². The van der Waals surface area contributed by atoms with Gasteiger partial charge in [-0.2, -0.15) is 4.67 Å². The maximum atomic E-state index is 6.85. The van der Waals surface area contributed by atoms with Gasteiger partial charge >= 0.3 is 8.16 Å². The zero-order chi connectivity index (χ0) is 20.9. The summed E-state index contributed by atoms with van der Waals surface area (Å²) < 4.78 is 16.2. The average molecular weight is 436 g/mol. The molecule has 3 aliphatic rings. The molecule has 31 heavy (non-hydrogen) atoms. The zero-order valence-electron chi connectivity index (χ0n) is 19.0. The number of rotatable bonds is 1. The van der Waals surface area contributed by atoms with Crippen LogP contribution in [-0.4, -0.2) is 12.1 Å². The minimum atomic E-state index is -1.16. The van der Waals surface area contributed by atoms with Crippen molar-refractivity contribution in [3.05, 3.63) is 46.5 Å². The van der Waals surface area contributed by atoms with Gasteiger partial charge in [-0.3, -0.25) is 0 Å². The summed E-state index contributed by atoms with van der Waals surface area (Å²) in [6.45, 7) is 4.69. The average Bonchev–Trinajstić information content (AvgIpc) is 2.96. The molecule has 2 aromatic carbocycles. The third kappa shape index (κ3) is 3.36. The Bertz CT molecular complexity index is 1090. The standard InChI is InChI=1S/C27H34NO2P/c1-18-8-7-9-19(2)28(18)31-29-24-16-14-20-10-3-5-12-22(20)26(24)27-23-13-6-4-11-21(23)15-17-25(27)30-31/h14-19H,3-13H2,1-2H3/t18-,19+. The number of fused-ring (bicyclic) bond motifs is 7. The predicted octanol–water partition coefficient (Wildman–Crippen LogP) is 7.95. The second kappa shape index (κ2) is 8.01. The molecule has 1 aliphatic heterocycles. The molecule has 3 aromatic rings. The Morgan fingerprint density at radius 2 is 1.16 bits per heavy atom. The second-order valence-electron chi connectivity index (χ2n) is 10.00. The van der Waals surface area contributed by atoms with Crippen molar-refractivity contribution in [2.75, 3.05) is 4.67 Å². The van der Waals surface area contributed by atoms with E-state index in [1.54, 1.807) is 0 Å². The van der Waals surface area contributed by atoms with E-state index in [-0.39, 0.29) is 0 Å². The summed E-state index contributed by atoms with van der Waals surface area (Å²) in [5.74, 6) is 0. The minimum absolute atomic E-state index is 0.495. The van der Waals surface area contributed by atoms with Crippen molar-refractivity contribution in [2.24, 2.45) is 0 Å². The number of piperidine rings is 1. The van der Waals surface area contributed by atoms with Crippen molar-refractivity contribution < 1.29 is 8.39 Å². The van der Waals surface area contributed by atoms with Crippen molar-refractivity contribution in [1.82, 2.24) is 0 Å². The first-order valence-corrected chi connectivity index (χ1v) is 13.6. The first-order valence-electron chi connectivity index (χ1n) is 12.4. The van der Waals surface area contributed by atoms with Crippen LogP contribution in [0.2, 0.25) is 0 Å². The molecule has 2 atom stereocenters. The van der Waals surface area contributed by atoms with Gasteiger partial charge in [0.25, 0.3) is 0 Å². The van der Waals surface area contributed by atoms with Crippen LogP contribution in [0.15, 0.2) is 32.7 Å². The lowest BCUT2D eigenvalue weighted by Gasteiger charge is -2.35. The van der Waals surface area contributed by atoms with Gasteiger partial charge in [-0.25, -0.2) is 0 Å². The summed E-state index contributed by atoms with van der Waals surface area (Å²) in [5.41, 5.74) is 8.25. The van der Waals surface area contributed by atoms with Gasteiger partial charge in [-0.15, -0.1) is 0 Å². The molecule has 0 spiro atoms. The molecule has 0 unspecified atom stereocenters. The topological polar surface area (TPSA) is 29.5 Å². The summed E-state index contributed by atoms with van der Waals surface area (Å²) in [6, 6.07) is 10.2. The summed E-state index contributed by atoms with van der Waals surface area (Å²) in [6.07, 6.45) is 13.7. The molecular formula is C27H34NO2P. The second-order valence-corrected chi connectivity index (χ2v) is 11.3. The molecule has 3 nitrogen and oxygen atoms in total. The first kappa shape index (κ1) is 19.9. The fourth-order valence-corrected chi connectivity index (χ4v) is 8.07. The van der Waals surface area contributed by atoms with Crippen molar-refractivity contribution in [2.45, 2.75) is 96.6 Å². The summed E-state index contributed by atoms with van der Waals surface area (Å²) in [7, 11) is -1.16. The monoisotopic (exact) mass is 435 g/mol. The van der Waals surface area contributed by atoms with E-state index in [2.05, 4.69) is 42.8 Å². The Hall–Kier alpha value is -1.70. The largest absolute Gasteiger partial charge is 0.408 e. The van der Waals surface area contributed by atoms with E-state index in [1.807, 2.05) is 0 Å². The molecule has 2 aliphatic carbocycles. The van der Waals surface area contributed by atoms with Gasteiger partial charge in [0.2, 0.25) is 0 Å². The van der Waals surface area contributed by atoms with Crippen molar-refractivity contribution in [3.8, 4) is 0 Å². The van der Waals surface area contributed by atoms with E-state index >= 15 is 0 Å². The van der Waals surface area contributed by atoms with E-state index in [0.717, 1.165) is 11.2 Å². The number of nitrogens with zero attached hydrogens (tertiary/aromatic N) is 1. The lowest BCUT2D eigenvalue weighted by molar-refractivity contribution is 0.421. The number of aryl methyl sites for hydroxylation is 4. The molecule has 1 saturated heterocycles. The maximum Gasteiger partial charge on any atom is 0.310 e. The Morgan fingerprint density at radius 1 is 0.677 bits per heavy atom. The van der Waals surface area contributed by atoms with Crippen LogP contribution in [0.4, 0.5) is 0 Å². The molecule has 1 fully saturated rings. The number of hydrogen-bond donors (Lipinski definition) is 0. The highest BCUT2D eigenvalue weighted by molar-refractivity contribution is 7.39. The normalized spacial score (nSPS) is 24.2. The lowest BCUT2D eigenvalue weighted by Crippen LogP contribution is -2.41.